The molecule has 0 aliphatic carbocycles. The molecule has 0 unspecified atom stereocenters. The molecular weight excluding hydrogens is 266 g/mol. The summed E-state index contributed by atoms with van der Waals surface area (Å²) in [6.07, 6.45) is 3.62. The first-order valence-corrected chi connectivity index (χ1v) is 7.30. The van der Waals surface area contributed by atoms with Gasteiger partial charge in [0.25, 0.3) is 0 Å². The third-order valence-corrected chi connectivity index (χ3v) is 3.87. The molecule has 6 heteroatoms. The van der Waals surface area contributed by atoms with Crippen molar-refractivity contribution >= 4 is 5.82 Å². The van der Waals surface area contributed by atoms with Gasteiger partial charge >= 0.3 is 0 Å². The van der Waals surface area contributed by atoms with E-state index in [1.807, 2.05) is 27.0 Å². The molecule has 3 rings (SSSR count). The van der Waals surface area contributed by atoms with Crippen LogP contribution >= 0.6 is 0 Å². The second-order valence-electron chi connectivity index (χ2n) is 5.53. The van der Waals surface area contributed by atoms with Gasteiger partial charge in [-0.05, 0) is 20.8 Å². The van der Waals surface area contributed by atoms with Gasteiger partial charge in [0, 0.05) is 32.4 Å². The largest absolute Gasteiger partial charge is 0.444 e. The maximum Gasteiger partial charge on any atom is 0.208 e. The van der Waals surface area contributed by atoms with Crippen molar-refractivity contribution in [3.63, 3.8) is 0 Å². The molecule has 2 aromatic rings. The van der Waals surface area contributed by atoms with Gasteiger partial charge in [-0.25, -0.2) is 9.97 Å². The van der Waals surface area contributed by atoms with Crippen molar-refractivity contribution in [3.05, 3.63) is 35.4 Å². The molecule has 2 aromatic heterocycles. The summed E-state index contributed by atoms with van der Waals surface area (Å²) in [7, 11) is 0. The first-order valence-electron chi connectivity index (χ1n) is 7.30. The summed E-state index contributed by atoms with van der Waals surface area (Å²) in [5.74, 6) is 2.70. The Morgan fingerprint density at radius 3 is 2.43 bits per heavy atom. The number of aryl methyl sites for hydroxylation is 3. The number of hydrogen-bond acceptors (Lipinski definition) is 6. The van der Waals surface area contributed by atoms with E-state index in [9.17, 15) is 0 Å². The Morgan fingerprint density at radius 2 is 1.81 bits per heavy atom. The van der Waals surface area contributed by atoms with Crippen LogP contribution in [-0.2, 0) is 6.54 Å². The van der Waals surface area contributed by atoms with Crippen LogP contribution in [0, 0.1) is 20.8 Å². The van der Waals surface area contributed by atoms with Gasteiger partial charge in [-0.1, -0.05) is 0 Å². The molecule has 21 heavy (non-hydrogen) atoms. The first kappa shape index (κ1) is 14.0. The van der Waals surface area contributed by atoms with E-state index in [0.29, 0.717) is 0 Å². The third-order valence-electron chi connectivity index (χ3n) is 3.87. The maximum atomic E-state index is 5.66. The summed E-state index contributed by atoms with van der Waals surface area (Å²) in [5.41, 5.74) is 1.94. The van der Waals surface area contributed by atoms with Gasteiger partial charge in [0.2, 0.25) is 5.89 Å². The molecule has 1 fully saturated rings. The highest BCUT2D eigenvalue weighted by Crippen LogP contribution is 2.15. The zero-order valence-corrected chi connectivity index (χ0v) is 12.8. The summed E-state index contributed by atoms with van der Waals surface area (Å²) >= 11 is 0. The van der Waals surface area contributed by atoms with E-state index in [4.69, 9.17) is 4.42 Å². The zero-order valence-electron chi connectivity index (χ0n) is 12.8. The fourth-order valence-electron chi connectivity index (χ4n) is 2.54. The fourth-order valence-corrected chi connectivity index (χ4v) is 2.54. The van der Waals surface area contributed by atoms with Gasteiger partial charge in [0.1, 0.15) is 11.6 Å². The standard InChI is InChI=1S/C15H21N5O/c1-11-8-16-9-14(17-11)20-6-4-19(5-7-20)10-15-18-12(2)13(3)21-15/h8-9H,4-7,10H2,1-3H3. The molecule has 0 N–H and O–H groups in total. The van der Waals surface area contributed by atoms with Crippen molar-refractivity contribution in [2.45, 2.75) is 27.3 Å². The smallest absolute Gasteiger partial charge is 0.208 e. The number of aromatic nitrogens is 3. The van der Waals surface area contributed by atoms with Crippen LogP contribution in [0.4, 0.5) is 5.82 Å². The van der Waals surface area contributed by atoms with Gasteiger partial charge in [0.15, 0.2) is 0 Å². The van der Waals surface area contributed by atoms with Gasteiger partial charge < -0.3 is 9.32 Å². The summed E-state index contributed by atoms with van der Waals surface area (Å²) < 4.78 is 5.66. The lowest BCUT2D eigenvalue weighted by Crippen LogP contribution is -2.46. The Balaban J connectivity index is 1.57. The molecule has 0 spiro atoms. The maximum absolute atomic E-state index is 5.66. The van der Waals surface area contributed by atoms with E-state index in [2.05, 4.69) is 24.8 Å². The number of anilines is 1. The molecule has 3 heterocycles. The molecular formula is C15H21N5O. The van der Waals surface area contributed by atoms with Crippen LogP contribution in [0.3, 0.4) is 0 Å². The highest BCUT2D eigenvalue weighted by atomic mass is 16.4. The number of hydrogen-bond donors (Lipinski definition) is 0. The Kier molecular flexibility index (Phi) is 3.88. The predicted octanol–water partition coefficient (Wildman–Crippen LogP) is 1.71. The van der Waals surface area contributed by atoms with E-state index in [1.54, 1.807) is 6.20 Å². The molecule has 112 valence electrons. The Bertz CT molecular complexity index is 597. The Labute approximate surface area is 124 Å². The summed E-state index contributed by atoms with van der Waals surface area (Å²) in [6, 6.07) is 0. The van der Waals surface area contributed by atoms with Gasteiger partial charge in [0.05, 0.1) is 24.1 Å². The lowest BCUT2D eigenvalue weighted by Gasteiger charge is -2.34. The number of nitrogens with zero attached hydrogens (tertiary/aromatic N) is 5. The van der Waals surface area contributed by atoms with Crippen molar-refractivity contribution in [1.82, 2.24) is 19.9 Å². The van der Waals surface area contributed by atoms with Crippen LogP contribution in [0.25, 0.3) is 0 Å². The van der Waals surface area contributed by atoms with E-state index < -0.39 is 0 Å². The van der Waals surface area contributed by atoms with Crippen LogP contribution in [0.1, 0.15) is 23.0 Å². The highest BCUT2D eigenvalue weighted by molar-refractivity contribution is 5.36. The molecule has 0 aromatic carbocycles. The van der Waals surface area contributed by atoms with Crippen molar-refractivity contribution in [2.24, 2.45) is 0 Å². The van der Waals surface area contributed by atoms with E-state index in [0.717, 1.165) is 61.6 Å². The van der Waals surface area contributed by atoms with E-state index in [1.165, 1.54) is 0 Å². The highest BCUT2D eigenvalue weighted by Gasteiger charge is 2.20. The number of oxazole rings is 1. The van der Waals surface area contributed by atoms with Crippen LogP contribution in [0.15, 0.2) is 16.8 Å². The predicted molar refractivity (Wildman–Crippen MR) is 80.2 cm³/mol. The van der Waals surface area contributed by atoms with Crippen molar-refractivity contribution in [3.8, 4) is 0 Å². The van der Waals surface area contributed by atoms with Crippen molar-refractivity contribution < 1.29 is 4.42 Å². The summed E-state index contributed by atoms with van der Waals surface area (Å²) in [4.78, 5) is 17.8. The minimum Gasteiger partial charge on any atom is -0.444 e. The second-order valence-corrected chi connectivity index (χ2v) is 5.53. The molecule has 1 aliphatic heterocycles. The van der Waals surface area contributed by atoms with Crippen molar-refractivity contribution in [1.29, 1.82) is 0 Å². The van der Waals surface area contributed by atoms with E-state index in [-0.39, 0.29) is 0 Å². The summed E-state index contributed by atoms with van der Waals surface area (Å²) in [5, 5.41) is 0. The van der Waals surface area contributed by atoms with Crippen LogP contribution in [0.5, 0.6) is 0 Å². The molecule has 1 saturated heterocycles. The Hall–Kier alpha value is -1.95. The topological polar surface area (TPSA) is 58.3 Å². The minimum absolute atomic E-state index is 0.780. The second kappa shape index (κ2) is 5.81. The minimum atomic E-state index is 0.780. The van der Waals surface area contributed by atoms with Gasteiger partial charge in [-0.15, -0.1) is 0 Å². The molecule has 0 atom stereocenters. The number of piperazine rings is 1. The van der Waals surface area contributed by atoms with Crippen LogP contribution in [-0.4, -0.2) is 46.0 Å². The quantitative estimate of drug-likeness (QED) is 0.856. The zero-order chi connectivity index (χ0) is 14.8. The lowest BCUT2D eigenvalue weighted by atomic mass is 10.3. The molecule has 0 radical (unpaired) electrons. The average Bonchev–Trinajstić information content (AvgIpc) is 2.78. The summed E-state index contributed by atoms with van der Waals surface area (Å²) in [6.45, 7) is 10.6. The Morgan fingerprint density at radius 1 is 1.05 bits per heavy atom. The SMILES string of the molecule is Cc1cncc(N2CCN(Cc3nc(C)c(C)o3)CC2)n1. The monoisotopic (exact) mass is 287 g/mol. The fraction of sp³-hybridized carbons (Fsp3) is 0.533. The molecule has 1 aliphatic rings. The molecule has 0 amide bonds. The van der Waals surface area contributed by atoms with Crippen LogP contribution in [0.2, 0.25) is 0 Å². The molecule has 0 bridgehead atoms. The first-order chi connectivity index (χ1) is 10.1. The van der Waals surface area contributed by atoms with Crippen LogP contribution < -0.4 is 4.90 Å². The average molecular weight is 287 g/mol. The van der Waals surface area contributed by atoms with Gasteiger partial charge in [-0.2, -0.15) is 0 Å². The third kappa shape index (κ3) is 3.21. The lowest BCUT2D eigenvalue weighted by molar-refractivity contribution is 0.224. The van der Waals surface area contributed by atoms with Crippen molar-refractivity contribution in [2.75, 3.05) is 31.1 Å². The number of rotatable bonds is 3. The normalized spacial score (nSPS) is 16.4. The van der Waals surface area contributed by atoms with Gasteiger partial charge in [-0.3, -0.25) is 9.88 Å². The molecule has 6 nitrogen and oxygen atoms in total. The molecule has 0 saturated carbocycles. The van der Waals surface area contributed by atoms with E-state index >= 15 is 0 Å².